The van der Waals surface area contributed by atoms with Gasteiger partial charge in [-0.3, -0.25) is 4.79 Å². The van der Waals surface area contributed by atoms with Gasteiger partial charge in [-0.05, 0) is 42.7 Å². The molecule has 0 fully saturated rings. The Balaban J connectivity index is 1.94. The monoisotopic (exact) mass is 384 g/mol. The third-order valence-corrected chi connectivity index (χ3v) is 4.30. The van der Waals surface area contributed by atoms with E-state index >= 15 is 0 Å². The van der Waals surface area contributed by atoms with E-state index in [9.17, 15) is 9.59 Å². The van der Waals surface area contributed by atoms with E-state index in [1.54, 1.807) is 23.9 Å². The molecule has 5 nitrogen and oxygen atoms in total. The summed E-state index contributed by atoms with van der Waals surface area (Å²) in [5.41, 5.74) is 6.40. The number of amides is 1. The molecule has 0 aliphatic rings. The topological polar surface area (TPSA) is 81.4 Å². The van der Waals surface area contributed by atoms with Gasteiger partial charge in [-0.2, -0.15) is 0 Å². The van der Waals surface area contributed by atoms with Crippen LogP contribution in [0.15, 0.2) is 41.3 Å². The maximum absolute atomic E-state index is 12.0. The van der Waals surface area contributed by atoms with Crippen LogP contribution >= 0.6 is 35.0 Å². The smallest absolute Gasteiger partial charge is 0.340 e. The summed E-state index contributed by atoms with van der Waals surface area (Å²) in [6, 6.07) is 10.0. The molecule has 0 atom stereocenters. The van der Waals surface area contributed by atoms with E-state index in [4.69, 9.17) is 33.7 Å². The molecule has 3 N–H and O–H groups in total. The van der Waals surface area contributed by atoms with Gasteiger partial charge in [0.2, 0.25) is 0 Å². The number of halogens is 2. The number of thioether (sulfide) groups is 1. The van der Waals surface area contributed by atoms with Crippen molar-refractivity contribution in [3.05, 3.63) is 52.0 Å². The lowest BCUT2D eigenvalue weighted by Gasteiger charge is -2.09. The standard InChI is InChI=1S/C16H14Cl2N2O3S/c1-24-11-4-2-10(3-5-11)20-14(21)8-23-16(22)12-6-9(17)7-13(18)15(12)19/h2-7H,8,19H2,1H3,(H,20,21). The molecule has 0 heterocycles. The van der Waals surface area contributed by atoms with Crippen LogP contribution in [0, 0.1) is 0 Å². The molecule has 0 bridgehead atoms. The van der Waals surface area contributed by atoms with Crippen LogP contribution in [-0.2, 0) is 9.53 Å². The van der Waals surface area contributed by atoms with Crippen molar-refractivity contribution in [2.75, 3.05) is 23.9 Å². The Labute approximate surface area is 153 Å². The molecule has 0 saturated heterocycles. The van der Waals surface area contributed by atoms with Gasteiger partial charge in [0.15, 0.2) is 6.61 Å². The van der Waals surface area contributed by atoms with Crippen LogP contribution in [0.1, 0.15) is 10.4 Å². The van der Waals surface area contributed by atoms with Crippen LogP contribution < -0.4 is 11.1 Å². The Morgan fingerprint density at radius 2 is 1.88 bits per heavy atom. The Kier molecular flexibility index (Phi) is 6.36. The Hall–Kier alpha value is -1.89. The largest absolute Gasteiger partial charge is 0.452 e. The zero-order chi connectivity index (χ0) is 17.7. The maximum atomic E-state index is 12.0. The lowest BCUT2D eigenvalue weighted by molar-refractivity contribution is -0.119. The fraction of sp³-hybridized carbons (Fsp3) is 0.125. The molecule has 1 amide bonds. The number of nitrogens with one attached hydrogen (secondary N) is 1. The Morgan fingerprint density at radius 3 is 2.50 bits per heavy atom. The van der Waals surface area contributed by atoms with Crippen LogP contribution in [0.25, 0.3) is 0 Å². The molecule has 0 aliphatic heterocycles. The van der Waals surface area contributed by atoms with Gasteiger partial charge in [0, 0.05) is 15.6 Å². The molecule has 24 heavy (non-hydrogen) atoms. The second-order valence-corrected chi connectivity index (χ2v) is 6.42. The molecule has 2 rings (SSSR count). The molecule has 0 saturated carbocycles. The van der Waals surface area contributed by atoms with E-state index in [0.717, 1.165) is 4.90 Å². The van der Waals surface area contributed by atoms with Gasteiger partial charge in [0.05, 0.1) is 16.3 Å². The normalized spacial score (nSPS) is 10.3. The van der Waals surface area contributed by atoms with Crippen molar-refractivity contribution in [1.82, 2.24) is 0 Å². The van der Waals surface area contributed by atoms with E-state index in [1.165, 1.54) is 12.1 Å². The summed E-state index contributed by atoms with van der Waals surface area (Å²) in [5, 5.41) is 3.02. The van der Waals surface area contributed by atoms with Crippen LogP contribution in [0.4, 0.5) is 11.4 Å². The number of nitrogens with two attached hydrogens (primary N) is 1. The van der Waals surface area contributed by atoms with Gasteiger partial charge in [-0.25, -0.2) is 4.79 Å². The summed E-state index contributed by atoms with van der Waals surface area (Å²) in [7, 11) is 0. The summed E-state index contributed by atoms with van der Waals surface area (Å²) >= 11 is 13.3. The van der Waals surface area contributed by atoms with Gasteiger partial charge in [0.25, 0.3) is 5.91 Å². The minimum atomic E-state index is -0.773. The zero-order valence-corrected chi connectivity index (χ0v) is 15.0. The average molecular weight is 385 g/mol. The second kappa shape index (κ2) is 8.28. The summed E-state index contributed by atoms with van der Waals surface area (Å²) in [5.74, 6) is -1.24. The van der Waals surface area contributed by atoms with Crippen LogP contribution in [0.3, 0.4) is 0 Å². The quantitative estimate of drug-likeness (QED) is 0.460. The number of nitrogen functional groups attached to an aromatic ring is 1. The molecular formula is C16H14Cl2N2O3S. The van der Waals surface area contributed by atoms with Gasteiger partial charge in [-0.1, -0.05) is 23.2 Å². The van der Waals surface area contributed by atoms with Crippen LogP contribution in [0.5, 0.6) is 0 Å². The average Bonchev–Trinajstić information content (AvgIpc) is 2.56. The van der Waals surface area contributed by atoms with E-state index in [0.29, 0.717) is 5.69 Å². The highest BCUT2D eigenvalue weighted by Crippen LogP contribution is 2.28. The molecule has 8 heteroatoms. The third-order valence-electron chi connectivity index (χ3n) is 3.02. The fourth-order valence-electron chi connectivity index (χ4n) is 1.83. The van der Waals surface area contributed by atoms with Gasteiger partial charge < -0.3 is 15.8 Å². The van der Waals surface area contributed by atoms with Crippen LogP contribution in [-0.4, -0.2) is 24.7 Å². The molecule has 0 aliphatic carbocycles. The van der Waals surface area contributed by atoms with Crippen molar-refractivity contribution in [1.29, 1.82) is 0 Å². The molecule has 2 aromatic carbocycles. The summed E-state index contributed by atoms with van der Waals surface area (Å²) in [4.78, 5) is 24.9. The van der Waals surface area contributed by atoms with E-state index in [1.807, 2.05) is 18.4 Å². The fourth-order valence-corrected chi connectivity index (χ4v) is 2.74. The van der Waals surface area contributed by atoms with Crippen molar-refractivity contribution in [3.63, 3.8) is 0 Å². The molecule has 0 spiro atoms. The molecule has 2 aromatic rings. The minimum absolute atomic E-state index is 0.0182. The van der Waals surface area contributed by atoms with E-state index in [2.05, 4.69) is 5.32 Å². The first-order valence-corrected chi connectivity index (χ1v) is 8.74. The van der Waals surface area contributed by atoms with Crippen molar-refractivity contribution >= 4 is 58.2 Å². The molecule has 126 valence electrons. The minimum Gasteiger partial charge on any atom is -0.452 e. The first-order valence-electron chi connectivity index (χ1n) is 6.76. The highest BCUT2D eigenvalue weighted by atomic mass is 35.5. The molecular weight excluding hydrogens is 371 g/mol. The maximum Gasteiger partial charge on any atom is 0.340 e. The van der Waals surface area contributed by atoms with E-state index < -0.39 is 18.5 Å². The summed E-state index contributed by atoms with van der Waals surface area (Å²) < 4.78 is 4.95. The van der Waals surface area contributed by atoms with Gasteiger partial charge in [-0.15, -0.1) is 11.8 Å². The zero-order valence-electron chi connectivity index (χ0n) is 12.6. The SMILES string of the molecule is CSc1ccc(NC(=O)COC(=O)c2cc(Cl)cc(Cl)c2N)cc1. The predicted molar refractivity (Wildman–Crippen MR) is 98.0 cm³/mol. The Morgan fingerprint density at radius 1 is 1.21 bits per heavy atom. The summed E-state index contributed by atoms with van der Waals surface area (Å²) in [6.45, 7) is -0.452. The van der Waals surface area contributed by atoms with E-state index in [-0.39, 0.29) is 21.3 Å². The number of hydrogen-bond donors (Lipinski definition) is 2. The molecule has 0 unspecified atom stereocenters. The third kappa shape index (κ3) is 4.80. The molecule has 0 aromatic heterocycles. The number of ether oxygens (including phenoxy) is 1. The lowest BCUT2D eigenvalue weighted by atomic mass is 10.2. The summed E-state index contributed by atoms with van der Waals surface area (Å²) in [6.07, 6.45) is 1.96. The highest BCUT2D eigenvalue weighted by molar-refractivity contribution is 7.98. The number of benzene rings is 2. The number of carbonyl (C=O) groups excluding carboxylic acids is 2. The number of carbonyl (C=O) groups is 2. The Bertz CT molecular complexity index is 767. The number of esters is 1. The first-order chi connectivity index (χ1) is 11.4. The predicted octanol–water partition coefficient (Wildman–Crippen LogP) is 4.09. The first kappa shape index (κ1) is 18.4. The van der Waals surface area contributed by atoms with Gasteiger partial charge >= 0.3 is 5.97 Å². The number of rotatable bonds is 5. The lowest BCUT2D eigenvalue weighted by Crippen LogP contribution is -2.21. The molecule has 0 radical (unpaired) electrons. The van der Waals surface area contributed by atoms with Gasteiger partial charge in [0.1, 0.15) is 0 Å². The van der Waals surface area contributed by atoms with Crippen molar-refractivity contribution in [2.45, 2.75) is 4.90 Å². The second-order valence-electron chi connectivity index (χ2n) is 4.70. The highest BCUT2D eigenvalue weighted by Gasteiger charge is 2.16. The number of anilines is 2. The van der Waals surface area contributed by atoms with Crippen molar-refractivity contribution in [3.8, 4) is 0 Å². The van der Waals surface area contributed by atoms with Crippen LogP contribution in [0.2, 0.25) is 10.0 Å². The van der Waals surface area contributed by atoms with Crippen molar-refractivity contribution in [2.24, 2.45) is 0 Å². The number of hydrogen-bond acceptors (Lipinski definition) is 5. The van der Waals surface area contributed by atoms with Crippen molar-refractivity contribution < 1.29 is 14.3 Å².